The van der Waals surface area contributed by atoms with Crippen LogP contribution in [0.2, 0.25) is 0 Å². The lowest BCUT2D eigenvalue weighted by molar-refractivity contribution is 0.103. The average molecular weight is 283 g/mol. The Morgan fingerprint density at radius 3 is 2.10 bits per heavy atom. The summed E-state index contributed by atoms with van der Waals surface area (Å²) in [6.45, 7) is 0. The van der Waals surface area contributed by atoms with E-state index in [9.17, 15) is 9.90 Å². The number of benzene rings is 2. The van der Waals surface area contributed by atoms with E-state index in [0.717, 1.165) is 11.9 Å². The Hall–Kier alpha value is -2.46. The number of carbonyl (C=O) groups excluding carboxylic acids is 1. The molecule has 0 spiro atoms. The third-order valence-electron chi connectivity index (χ3n) is 2.69. The predicted octanol–water partition coefficient (Wildman–Crippen LogP) is 3.75. The third-order valence-corrected chi connectivity index (χ3v) is 3.01. The van der Waals surface area contributed by atoms with Crippen LogP contribution in [-0.2, 0) is 0 Å². The van der Waals surface area contributed by atoms with Crippen molar-refractivity contribution >= 4 is 28.7 Å². The Kier molecular flexibility index (Phi) is 4.63. The summed E-state index contributed by atoms with van der Waals surface area (Å²) in [5.74, 6) is -0.318. The predicted molar refractivity (Wildman–Crippen MR) is 84.1 cm³/mol. The van der Waals surface area contributed by atoms with E-state index >= 15 is 0 Å². The number of aliphatic hydroxyl groups excluding tert-OH is 1. The van der Waals surface area contributed by atoms with E-state index in [1.54, 1.807) is 24.3 Å². The molecule has 4 heteroatoms. The Labute approximate surface area is 122 Å². The Balaban J connectivity index is 2.17. The van der Waals surface area contributed by atoms with Crippen molar-refractivity contribution in [3.05, 3.63) is 78.1 Å². The number of Topliss-reactive ketones (excluding diaryl/α,β-unsaturated/α-hetero) is 1. The second-order valence-corrected chi connectivity index (χ2v) is 4.47. The number of ketones is 1. The maximum Gasteiger partial charge on any atom is 0.199 e. The number of nitrogens with one attached hydrogen (secondary N) is 1. The number of carbonyl (C=O) groups is 1. The molecule has 0 aliphatic carbocycles. The largest absolute Gasteiger partial charge is 0.515 e. The molecule has 20 heavy (non-hydrogen) atoms. The van der Waals surface area contributed by atoms with Gasteiger partial charge < -0.3 is 10.4 Å². The normalized spacial score (nSPS) is 10.9. The van der Waals surface area contributed by atoms with E-state index in [4.69, 9.17) is 12.2 Å². The van der Waals surface area contributed by atoms with Crippen molar-refractivity contribution in [3.63, 3.8) is 0 Å². The van der Waals surface area contributed by atoms with E-state index in [-0.39, 0.29) is 16.3 Å². The van der Waals surface area contributed by atoms with Gasteiger partial charge in [0.1, 0.15) is 4.99 Å². The molecule has 0 radical (unpaired) electrons. The van der Waals surface area contributed by atoms with Crippen LogP contribution in [0, 0.1) is 0 Å². The zero-order valence-electron chi connectivity index (χ0n) is 10.6. The standard InChI is InChI=1S/C16H13NO2S/c18-11-14(15(19)12-7-3-1-4-8-12)16(20)17-13-9-5-2-6-10-13/h1-11,18H,(H,17,20)/b14-11+. The van der Waals surface area contributed by atoms with Gasteiger partial charge >= 0.3 is 0 Å². The van der Waals surface area contributed by atoms with Gasteiger partial charge in [-0.2, -0.15) is 0 Å². The van der Waals surface area contributed by atoms with Crippen LogP contribution in [0.15, 0.2) is 72.5 Å². The van der Waals surface area contributed by atoms with Crippen molar-refractivity contribution in [1.29, 1.82) is 0 Å². The summed E-state index contributed by atoms with van der Waals surface area (Å²) < 4.78 is 0. The van der Waals surface area contributed by atoms with E-state index in [1.165, 1.54) is 0 Å². The lowest BCUT2D eigenvalue weighted by Gasteiger charge is -2.10. The molecule has 0 unspecified atom stereocenters. The monoisotopic (exact) mass is 283 g/mol. The zero-order chi connectivity index (χ0) is 14.4. The summed E-state index contributed by atoms with van der Waals surface area (Å²) in [6, 6.07) is 17.9. The summed E-state index contributed by atoms with van der Waals surface area (Å²) in [4.78, 5) is 12.4. The van der Waals surface area contributed by atoms with Crippen molar-refractivity contribution in [2.24, 2.45) is 0 Å². The van der Waals surface area contributed by atoms with Crippen LogP contribution in [0.4, 0.5) is 5.69 Å². The molecule has 0 saturated carbocycles. The third kappa shape index (κ3) is 3.30. The van der Waals surface area contributed by atoms with Crippen LogP contribution in [0.5, 0.6) is 0 Å². The molecule has 100 valence electrons. The van der Waals surface area contributed by atoms with Gasteiger partial charge in [0, 0.05) is 11.3 Å². The first kappa shape index (κ1) is 14.0. The van der Waals surface area contributed by atoms with Gasteiger partial charge in [0.25, 0.3) is 0 Å². The van der Waals surface area contributed by atoms with Crippen molar-refractivity contribution < 1.29 is 9.90 Å². The fourth-order valence-electron chi connectivity index (χ4n) is 1.69. The van der Waals surface area contributed by atoms with Gasteiger partial charge in [-0.1, -0.05) is 60.7 Å². The highest BCUT2D eigenvalue weighted by molar-refractivity contribution is 7.81. The first-order valence-corrected chi connectivity index (χ1v) is 6.43. The SMILES string of the molecule is O=C(/C(=C\O)C(=S)Nc1ccccc1)c1ccccc1. The molecule has 2 N–H and O–H groups in total. The topological polar surface area (TPSA) is 49.3 Å². The number of rotatable bonds is 4. The lowest BCUT2D eigenvalue weighted by atomic mass is 10.0. The van der Waals surface area contributed by atoms with Crippen molar-refractivity contribution in [2.45, 2.75) is 0 Å². The zero-order valence-corrected chi connectivity index (χ0v) is 11.4. The molecule has 2 aromatic rings. The van der Waals surface area contributed by atoms with Gasteiger partial charge in [-0.05, 0) is 12.1 Å². The highest BCUT2D eigenvalue weighted by Crippen LogP contribution is 2.13. The molecule has 3 nitrogen and oxygen atoms in total. The molecule has 0 aliphatic rings. The summed E-state index contributed by atoms with van der Waals surface area (Å²) in [5.41, 5.74) is 1.30. The van der Waals surface area contributed by atoms with Crippen LogP contribution in [0.3, 0.4) is 0 Å². The highest BCUT2D eigenvalue weighted by atomic mass is 32.1. The maximum absolute atomic E-state index is 12.3. The van der Waals surface area contributed by atoms with Gasteiger partial charge in [-0.3, -0.25) is 4.79 Å². The van der Waals surface area contributed by atoms with Gasteiger partial charge in [-0.15, -0.1) is 0 Å². The summed E-state index contributed by atoms with van der Waals surface area (Å²) >= 11 is 5.17. The molecule has 0 bridgehead atoms. The molecule has 0 saturated heterocycles. The van der Waals surface area contributed by atoms with E-state index in [0.29, 0.717) is 5.56 Å². The number of hydrogen-bond donors (Lipinski definition) is 2. The molecular formula is C16H13NO2S. The molecule has 0 heterocycles. The quantitative estimate of drug-likeness (QED) is 0.388. The van der Waals surface area contributed by atoms with Crippen LogP contribution in [0.1, 0.15) is 10.4 Å². The van der Waals surface area contributed by atoms with Crippen LogP contribution >= 0.6 is 12.2 Å². The van der Waals surface area contributed by atoms with E-state index in [1.807, 2.05) is 36.4 Å². The summed E-state index contributed by atoms with van der Waals surface area (Å²) in [6.07, 6.45) is 0.744. The van der Waals surface area contributed by atoms with Crippen LogP contribution < -0.4 is 5.32 Å². The van der Waals surface area contributed by atoms with Crippen molar-refractivity contribution in [2.75, 3.05) is 5.32 Å². The fourth-order valence-corrected chi connectivity index (χ4v) is 1.95. The summed E-state index contributed by atoms with van der Waals surface area (Å²) in [7, 11) is 0. The van der Waals surface area contributed by atoms with Gasteiger partial charge in [-0.25, -0.2) is 0 Å². The van der Waals surface area contributed by atoms with Gasteiger partial charge in [0.15, 0.2) is 5.78 Å². The minimum Gasteiger partial charge on any atom is -0.515 e. The van der Waals surface area contributed by atoms with Crippen LogP contribution in [0.25, 0.3) is 0 Å². The molecule has 0 fully saturated rings. The summed E-state index contributed by atoms with van der Waals surface area (Å²) in [5, 5.41) is 12.2. The molecule has 2 aromatic carbocycles. The highest BCUT2D eigenvalue weighted by Gasteiger charge is 2.16. The fraction of sp³-hybridized carbons (Fsp3) is 0. The number of thiocarbonyl (C=S) groups is 1. The van der Waals surface area contributed by atoms with Gasteiger partial charge in [0.2, 0.25) is 0 Å². The second-order valence-electron chi connectivity index (χ2n) is 4.06. The number of anilines is 1. The first-order valence-electron chi connectivity index (χ1n) is 6.03. The Morgan fingerprint density at radius 1 is 1.00 bits per heavy atom. The number of hydrogen-bond acceptors (Lipinski definition) is 3. The van der Waals surface area contributed by atoms with Crippen LogP contribution in [-0.4, -0.2) is 15.9 Å². The Morgan fingerprint density at radius 2 is 1.55 bits per heavy atom. The molecule has 0 aliphatic heterocycles. The van der Waals surface area contributed by atoms with Crippen molar-refractivity contribution in [3.8, 4) is 0 Å². The number of para-hydroxylation sites is 1. The molecule has 0 atom stereocenters. The smallest absolute Gasteiger partial charge is 0.199 e. The molecule has 2 rings (SSSR count). The van der Waals surface area contributed by atoms with Gasteiger partial charge in [0.05, 0.1) is 11.8 Å². The first-order chi connectivity index (χ1) is 9.72. The number of aliphatic hydroxyl groups is 1. The lowest BCUT2D eigenvalue weighted by Crippen LogP contribution is -2.19. The molecular weight excluding hydrogens is 270 g/mol. The Bertz CT molecular complexity index is 636. The molecule has 0 amide bonds. The molecule has 0 aromatic heterocycles. The van der Waals surface area contributed by atoms with E-state index < -0.39 is 0 Å². The van der Waals surface area contributed by atoms with E-state index in [2.05, 4.69) is 5.32 Å². The van der Waals surface area contributed by atoms with Crippen molar-refractivity contribution in [1.82, 2.24) is 0 Å². The minimum absolute atomic E-state index is 0.0649. The minimum atomic E-state index is -0.318. The maximum atomic E-state index is 12.3. The average Bonchev–Trinajstić information content (AvgIpc) is 2.49. The second kappa shape index (κ2) is 6.63.